The van der Waals surface area contributed by atoms with E-state index in [4.69, 9.17) is 10.5 Å². The maximum Gasteiger partial charge on any atom is 0.234 e. The Hall–Kier alpha value is -1.99. The Balaban J connectivity index is 2.63. The molecule has 4 nitrogen and oxygen atoms in total. The molecule has 1 aromatic rings. The van der Waals surface area contributed by atoms with Gasteiger partial charge in [-0.1, -0.05) is 11.8 Å². The Morgan fingerprint density at radius 1 is 1.53 bits per heavy atom. The molecule has 0 aromatic heterocycles. The van der Waals surface area contributed by atoms with Gasteiger partial charge in [0.05, 0.1) is 20.2 Å². The maximum absolute atomic E-state index is 10.9. The van der Waals surface area contributed by atoms with E-state index in [1.807, 2.05) is 25.1 Å². The molecule has 1 rings (SSSR count). The van der Waals surface area contributed by atoms with Crippen LogP contribution in [0.15, 0.2) is 18.2 Å². The van der Waals surface area contributed by atoms with Gasteiger partial charge in [0, 0.05) is 5.56 Å². The highest BCUT2D eigenvalue weighted by Crippen LogP contribution is 2.15. The summed E-state index contributed by atoms with van der Waals surface area (Å²) in [6.07, 6.45) is 0. The highest BCUT2D eigenvalue weighted by Gasteiger charge is 1.97. The van der Waals surface area contributed by atoms with Gasteiger partial charge in [0.15, 0.2) is 0 Å². The first-order chi connectivity index (χ1) is 8.17. The van der Waals surface area contributed by atoms with Crippen molar-refractivity contribution in [3.05, 3.63) is 29.3 Å². The molecule has 0 radical (unpaired) electrons. The SMILES string of the molecule is COc1ccc(C#CCNC(=O)CN)c(C)c1. The predicted molar refractivity (Wildman–Crippen MR) is 66.7 cm³/mol. The molecule has 0 saturated carbocycles. The van der Waals surface area contributed by atoms with Crippen molar-refractivity contribution in [3.8, 4) is 17.6 Å². The number of amides is 1. The first-order valence-corrected chi connectivity index (χ1v) is 5.27. The van der Waals surface area contributed by atoms with Crippen molar-refractivity contribution in [1.29, 1.82) is 0 Å². The van der Waals surface area contributed by atoms with Crippen molar-refractivity contribution in [1.82, 2.24) is 5.32 Å². The van der Waals surface area contributed by atoms with Crippen LogP contribution in [0, 0.1) is 18.8 Å². The number of rotatable bonds is 3. The third kappa shape index (κ3) is 4.17. The molecule has 0 saturated heterocycles. The summed E-state index contributed by atoms with van der Waals surface area (Å²) in [5, 5.41) is 2.58. The van der Waals surface area contributed by atoms with E-state index < -0.39 is 0 Å². The smallest absolute Gasteiger partial charge is 0.234 e. The molecule has 0 heterocycles. The topological polar surface area (TPSA) is 64.3 Å². The summed E-state index contributed by atoms with van der Waals surface area (Å²) in [5.41, 5.74) is 7.11. The first-order valence-electron chi connectivity index (χ1n) is 5.27. The average Bonchev–Trinajstić information content (AvgIpc) is 2.35. The third-order valence-corrected chi connectivity index (χ3v) is 2.22. The molecule has 0 spiro atoms. The molecule has 0 unspecified atom stereocenters. The van der Waals surface area contributed by atoms with Crippen LogP contribution < -0.4 is 15.8 Å². The quantitative estimate of drug-likeness (QED) is 0.743. The van der Waals surface area contributed by atoms with Gasteiger partial charge in [0.2, 0.25) is 5.91 Å². The Kier molecular flexibility index (Phi) is 5.05. The summed E-state index contributed by atoms with van der Waals surface area (Å²) in [4.78, 5) is 10.9. The summed E-state index contributed by atoms with van der Waals surface area (Å²) in [7, 11) is 1.63. The minimum absolute atomic E-state index is 0.0107. The largest absolute Gasteiger partial charge is 0.497 e. The number of ether oxygens (including phenoxy) is 1. The van der Waals surface area contributed by atoms with Crippen LogP contribution in [0.5, 0.6) is 5.75 Å². The summed E-state index contributed by atoms with van der Waals surface area (Å²) in [6, 6.07) is 5.67. The third-order valence-electron chi connectivity index (χ3n) is 2.22. The number of methoxy groups -OCH3 is 1. The molecule has 0 aliphatic rings. The van der Waals surface area contributed by atoms with E-state index in [2.05, 4.69) is 17.2 Å². The zero-order chi connectivity index (χ0) is 12.7. The second kappa shape index (κ2) is 6.56. The zero-order valence-electron chi connectivity index (χ0n) is 10.0. The highest BCUT2D eigenvalue weighted by molar-refractivity contribution is 5.77. The van der Waals surface area contributed by atoms with Gasteiger partial charge in [-0.2, -0.15) is 0 Å². The number of hydrogen-bond acceptors (Lipinski definition) is 3. The van der Waals surface area contributed by atoms with Crippen LogP contribution in [0.1, 0.15) is 11.1 Å². The summed E-state index contributed by atoms with van der Waals surface area (Å²) >= 11 is 0. The van der Waals surface area contributed by atoms with Gasteiger partial charge in [0.1, 0.15) is 5.75 Å². The van der Waals surface area contributed by atoms with E-state index in [0.29, 0.717) is 6.54 Å². The van der Waals surface area contributed by atoms with Crippen LogP contribution in [0.3, 0.4) is 0 Å². The van der Waals surface area contributed by atoms with Gasteiger partial charge in [-0.25, -0.2) is 0 Å². The second-order valence-corrected chi connectivity index (χ2v) is 3.46. The van der Waals surface area contributed by atoms with Crippen LogP contribution in [-0.4, -0.2) is 26.1 Å². The van der Waals surface area contributed by atoms with E-state index in [1.165, 1.54) is 0 Å². The Labute approximate surface area is 101 Å². The van der Waals surface area contributed by atoms with Crippen molar-refractivity contribution in [2.24, 2.45) is 5.73 Å². The van der Waals surface area contributed by atoms with E-state index in [1.54, 1.807) is 7.11 Å². The molecule has 0 bridgehead atoms. The van der Waals surface area contributed by atoms with E-state index in [9.17, 15) is 4.79 Å². The average molecular weight is 232 g/mol. The fourth-order valence-corrected chi connectivity index (χ4v) is 1.26. The lowest BCUT2D eigenvalue weighted by Gasteiger charge is -2.02. The van der Waals surface area contributed by atoms with Gasteiger partial charge < -0.3 is 15.8 Å². The second-order valence-electron chi connectivity index (χ2n) is 3.46. The molecule has 0 aliphatic carbocycles. The van der Waals surface area contributed by atoms with Crippen molar-refractivity contribution >= 4 is 5.91 Å². The first kappa shape index (κ1) is 13.1. The lowest BCUT2D eigenvalue weighted by atomic mass is 10.1. The van der Waals surface area contributed by atoms with Crippen molar-refractivity contribution in [3.63, 3.8) is 0 Å². The van der Waals surface area contributed by atoms with Crippen molar-refractivity contribution in [2.75, 3.05) is 20.2 Å². The van der Waals surface area contributed by atoms with Crippen molar-refractivity contribution in [2.45, 2.75) is 6.92 Å². The lowest BCUT2D eigenvalue weighted by Crippen LogP contribution is -2.30. The minimum Gasteiger partial charge on any atom is -0.497 e. The van der Waals surface area contributed by atoms with E-state index in [-0.39, 0.29) is 12.5 Å². The van der Waals surface area contributed by atoms with Crippen LogP contribution in [0.25, 0.3) is 0 Å². The van der Waals surface area contributed by atoms with Crippen molar-refractivity contribution < 1.29 is 9.53 Å². The summed E-state index contributed by atoms with van der Waals surface area (Å²) in [5.74, 6) is 6.46. The number of carbonyl (C=O) groups is 1. The fraction of sp³-hybridized carbons (Fsp3) is 0.308. The molecule has 3 N–H and O–H groups in total. The standard InChI is InChI=1S/C13H16N2O2/c1-10-8-12(17-2)6-5-11(10)4-3-7-15-13(16)9-14/h5-6,8H,7,9,14H2,1-2H3,(H,15,16). The van der Waals surface area contributed by atoms with Crippen LogP contribution >= 0.6 is 0 Å². The molecule has 90 valence electrons. The fourth-order valence-electron chi connectivity index (χ4n) is 1.26. The molecule has 0 atom stereocenters. The molecule has 0 fully saturated rings. The van der Waals surface area contributed by atoms with E-state index >= 15 is 0 Å². The molecule has 17 heavy (non-hydrogen) atoms. The minimum atomic E-state index is -0.203. The molecule has 4 heteroatoms. The molecule has 0 aliphatic heterocycles. The predicted octanol–water partition coefficient (Wildman–Crippen LogP) is 0.430. The maximum atomic E-state index is 10.9. The number of benzene rings is 1. The number of hydrogen-bond donors (Lipinski definition) is 2. The molecule has 1 amide bonds. The number of nitrogens with one attached hydrogen (secondary N) is 1. The van der Waals surface area contributed by atoms with Crippen LogP contribution in [-0.2, 0) is 4.79 Å². The zero-order valence-corrected chi connectivity index (χ0v) is 10.0. The molecular weight excluding hydrogens is 216 g/mol. The highest BCUT2D eigenvalue weighted by atomic mass is 16.5. The number of aryl methyl sites for hydroxylation is 1. The number of nitrogens with two attached hydrogens (primary N) is 1. The van der Waals surface area contributed by atoms with Gasteiger partial charge in [-0.3, -0.25) is 4.79 Å². The summed E-state index contributed by atoms with van der Waals surface area (Å²) < 4.78 is 5.10. The monoisotopic (exact) mass is 232 g/mol. The molecular formula is C13H16N2O2. The molecule has 1 aromatic carbocycles. The lowest BCUT2D eigenvalue weighted by molar-refractivity contribution is -0.119. The Bertz CT molecular complexity index is 458. The van der Waals surface area contributed by atoms with Crippen LogP contribution in [0.4, 0.5) is 0 Å². The van der Waals surface area contributed by atoms with Gasteiger partial charge in [0.25, 0.3) is 0 Å². The van der Waals surface area contributed by atoms with Gasteiger partial charge in [-0.15, -0.1) is 0 Å². The van der Waals surface area contributed by atoms with Gasteiger partial charge >= 0.3 is 0 Å². The normalized spacial score (nSPS) is 9.12. The van der Waals surface area contributed by atoms with Gasteiger partial charge in [-0.05, 0) is 30.7 Å². The Morgan fingerprint density at radius 2 is 2.29 bits per heavy atom. The number of carbonyl (C=O) groups excluding carboxylic acids is 1. The van der Waals surface area contributed by atoms with E-state index in [0.717, 1.165) is 16.9 Å². The Morgan fingerprint density at radius 3 is 2.88 bits per heavy atom. The summed E-state index contributed by atoms with van der Waals surface area (Å²) in [6.45, 7) is 2.26. The van der Waals surface area contributed by atoms with Crippen LogP contribution in [0.2, 0.25) is 0 Å².